The van der Waals surface area contributed by atoms with Crippen LogP contribution in [0.5, 0.6) is 0 Å². The zero-order valence-electron chi connectivity index (χ0n) is 9.04. The Bertz CT molecular complexity index is 421. The van der Waals surface area contributed by atoms with Crippen molar-refractivity contribution in [2.24, 2.45) is 5.92 Å². The molecule has 0 aliphatic carbocycles. The molecule has 1 aliphatic rings. The van der Waals surface area contributed by atoms with Crippen molar-refractivity contribution in [3.05, 3.63) is 29.6 Å². The molecule has 4 heteroatoms. The molecule has 1 atom stereocenters. The second-order valence-corrected chi connectivity index (χ2v) is 4.47. The van der Waals surface area contributed by atoms with Crippen molar-refractivity contribution in [3.63, 3.8) is 0 Å². The van der Waals surface area contributed by atoms with Gasteiger partial charge in [-0.25, -0.2) is 4.39 Å². The van der Waals surface area contributed by atoms with Crippen molar-refractivity contribution in [2.75, 3.05) is 17.3 Å². The third-order valence-corrected chi connectivity index (χ3v) is 3.32. The van der Waals surface area contributed by atoms with Gasteiger partial charge in [0.2, 0.25) is 5.91 Å². The molecule has 2 rings (SSSR count). The maximum absolute atomic E-state index is 13.1. The molecular formula is C12H13ClFNO. The monoisotopic (exact) mass is 241 g/mol. The number of benzene rings is 1. The number of nitrogens with zero attached hydrogens (tertiary/aromatic N) is 1. The molecule has 1 saturated heterocycles. The first-order valence-corrected chi connectivity index (χ1v) is 5.77. The van der Waals surface area contributed by atoms with Crippen LogP contribution in [0, 0.1) is 18.7 Å². The van der Waals surface area contributed by atoms with E-state index in [0.717, 1.165) is 5.56 Å². The van der Waals surface area contributed by atoms with Crippen molar-refractivity contribution in [3.8, 4) is 0 Å². The van der Waals surface area contributed by atoms with E-state index in [9.17, 15) is 9.18 Å². The Labute approximate surface area is 99.0 Å². The molecular weight excluding hydrogens is 229 g/mol. The Morgan fingerprint density at radius 2 is 2.31 bits per heavy atom. The molecule has 16 heavy (non-hydrogen) atoms. The lowest BCUT2D eigenvalue weighted by atomic mass is 10.1. The molecule has 1 heterocycles. The Hall–Kier alpha value is -1.09. The number of aryl methyl sites for hydroxylation is 1. The number of anilines is 1. The van der Waals surface area contributed by atoms with Crippen LogP contribution in [-0.2, 0) is 4.79 Å². The molecule has 86 valence electrons. The highest BCUT2D eigenvalue weighted by Crippen LogP contribution is 2.28. The van der Waals surface area contributed by atoms with Crippen LogP contribution >= 0.6 is 11.6 Å². The van der Waals surface area contributed by atoms with Crippen LogP contribution in [0.2, 0.25) is 0 Å². The van der Waals surface area contributed by atoms with Gasteiger partial charge in [-0.3, -0.25) is 4.79 Å². The second-order valence-electron chi connectivity index (χ2n) is 4.16. The van der Waals surface area contributed by atoms with Crippen LogP contribution < -0.4 is 4.90 Å². The lowest BCUT2D eigenvalue weighted by Gasteiger charge is -2.18. The fourth-order valence-electron chi connectivity index (χ4n) is 1.99. The summed E-state index contributed by atoms with van der Waals surface area (Å²) < 4.78 is 13.1. The standard InChI is InChI=1S/C12H13ClFNO/c1-8-2-3-10(14)5-11(8)15-7-9(6-13)4-12(15)16/h2-3,5,9H,4,6-7H2,1H3. The molecule has 0 saturated carbocycles. The fourth-order valence-corrected chi connectivity index (χ4v) is 2.20. The third kappa shape index (κ3) is 2.05. The summed E-state index contributed by atoms with van der Waals surface area (Å²) in [6, 6.07) is 4.49. The summed E-state index contributed by atoms with van der Waals surface area (Å²) in [7, 11) is 0. The van der Waals surface area contributed by atoms with Gasteiger partial charge < -0.3 is 4.90 Å². The van der Waals surface area contributed by atoms with Gasteiger partial charge >= 0.3 is 0 Å². The first-order valence-electron chi connectivity index (χ1n) is 5.24. The van der Waals surface area contributed by atoms with Gasteiger partial charge in [0.25, 0.3) is 0 Å². The van der Waals surface area contributed by atoms with Gasteiger partial charge in [-0.05, 0) is 30.5 Å². The molecule has 0 radical (unpaired) electrons. The lowest BCUT2D eigenvalue weighted by Crippen LogP contribution is -2.25. The van der Waals surface area contributed by atoms with E-state index in [0.29, 0.717) is 24.5 Å². The van der Waals surface area contributed by atoms with Crippen LogP contribution in [0.15, 0.2) is 18.2 Å². The van der Waals surface area contributed by atoms with Gasteiger partial charge in [-0.2, -0.15) is 0 Å². The number of carbonyl (C=O) groups excluding carboxylic acids is 1. The molecule has 1 aromatic carbocycles. The van der Waals surface area contributed by atoms with Crippen molar-refractivity contribution >= 4 is 23.2 Å². The number of rotatable bonds is 2. The van der Waals surface area contributed by atoms with E-state index < -0.39 is 0 Å². The summed E-state index contributed by atoms with van der Waals surface area (Å²) in [4.78, 5) is 13.4. The highest BCUT2D eigenvalue weighted by atomic mass is 35.5. The van der Waals surface area contributed by atoms with Crippen LogP contribution in [0.3, 0.4) is 0 Å². The summed E-state index contributed by atoms with van der Waals surface area (Å²) in [6.07, 6.45) is 0.458. The number of hydrogen-bond acceptors (Lipinski definition) is 1. The van der Waals surface area contributed by atoms with Gasteiger partial charge in [-0.1, -0.05) is 6.07 Å². The van der Waals surface area contributed by atoms with Gasteiger partial charge in [0.1, 0.15) is 5.82 Å². The summed E-state index contributed by atoms with van der Waals surface area (Å²) in [5.74, 6) is 0.357. The quantitative estimate of drug-likeness (QED) is 0.729. The summed E-state index contributed by atoms with van der Waals surface area (Å²) in [5, 5.41) is 0. The number of halogens is 2. The van der Waals surface area contributed by atoms with Crippen molar-refractivity contribution in [1.82, 2.24) is 0 Å². The first kappa shape index (κ1) is 11.4. The molecule has 0 bridgehead atoms. The topological polar surface area (TPSA) is 20.3 Å². The van der Waals surface area contributed by atoms with Gasteiger partial charge in [0, 0.05) is 24.5 Å². The average molecular weight is 242 g/mol. The number of hydrogen-bond donors (Lipinski definition) is 0. The smallest absolute Gasteiger partial charge is 0.227 e. The Morgan fingerprint density at radius 1 is 1.56 bits per heavy atom. The van der Waals surface area contributed by atoms with Crippen LogP contribution in [0.4, 0.5) is 10.1 Å². The van der Waals surface area contributed by atoms with Gasteiger partial charge in [0.15, 0.2) is 0 Å². The molecule has 1 unspecified atom stereocenters. The zero-order chi connectivity index (χ0) is 11.7. The van der Waals surface area contributed by atoms with Gasteiger partial charge in [0.05, 0.1) is 0 Å². The number of carbonyl (C=O) groups is 1. The molecule has 0 spiro atoms. The second kappa shape index (κ2) is 4.42. The third-order valence-electron chi connectivity index (χ3n) is 2.89. The lowest BCUT2D eigenvalue weighted by molar-refractivity contribution is -0.117. The van der Waals surface area contributed by atoms with Crippen molar-refractivity contribution in [2.45, 2.75) is 13.3 Å². The fraction of sp³-hybridized carbons (Fsp3) is 0.417. The molecule has 0 N–H and O–H groups in total. The average Bonchev–Trinajstić information content (AvgIpc) is 2.63. The predicted octanol–water partition coefficient (Wildman–Crippen LogP) is 2.73. The van der Waals surface area contributed by atoms with E-state index in [4.69, 9.17) is 11.6 Å². The van der Waals surface area contributed by atoms with E-state index in [1.807, 2.05) is 6.92 Å². The maximum Gasteiger partial charge on any atom is 0.227 e. The van der Waals surface area contributed by atoms with E-state index >= 15 is 0 Å². The normalized spacial score (nSPS) is 20.6. The maximum atomic E-state index is 13.1. The van der Waals surface area contributed by atoms with E-state index in [1.54, 1.807) is 11.0 Å². The summed E-state index contributed by atoms with van der Waals surface area (Å²) in [6.45, 7) is 2.46. The number of amides is 1. The zero-order valence-corrected chi connectivity index (χ0v) is 9.80. The van der Waals surface area contributed by atoms with Crippen molar-refractivity contribution < 1.29 is 9.18 Å². The minimum Gasteiger partial charge on any atom is -0.312 e. The Balaban J connectivity index is 2.30. The number of alkyl halides is 1. The van der Waals surface area contributed by atoms with E-state index in [-0.39, 0.29) is 17.6 Å². The minimum atomic E-state index is -0.317. The van der Waals surface area contributed by atoms with Crippen LogP contribution in [0.1, 0.15) is 12.0 Å². The predicted molar refractivity (Wildman–Crippen MR) is 62.3 cm³/mol. The van der Waals surface area contributed by atoms with Gasteiger partial charge in [-0.15, -0.1) is 11.6 Å². The van der Waals surface area contributed by atoms with Crippen LogP contribution in [-0.4, -0.2) is 18.3 Å². The minimum absolute atomic E-state index is 0.0272. The molecule has 1 aromatic rings. The summed E-state index contributed by atoms with van der Waals surface area (Å²) >= 11 is 5.74. The molecule has 1 fully saturated rings. The SMILES string of the molecule is Cc1ccc(F)cc1N1CC(CCl)CC1=O. The van der Waals surface area contributed by atoms with E-state index in [2.05, 4.69) is 0 Å². The Morgan fingerprint density at radius 3 is 2.94 bits per heavy atom. The van der Waals surface area contributed by atoms with Crippen molar-refractivity contribution in [1.29, 1.82) is 0 Å². The molecule has 1 aliphatic heterocycles. The Kier molecular flexibility index (Phi) is 3.15. The van der Waals surface area contributed by atoms with Crippen LogP contribution in [0.25, 0.3) is 0 Å². The molecule has 2 nitrogen and oxygen atoms in total. The molecule has 0 aromatic heterocycles. The highest BCUT2D eigenvalue weighted by molar-refractivity contribution is 6.18. The van der Waals surface area contributed by atoms with E-state index in [1.165, 1.54) is 12.1 Å². The first-order chi connectivity index (χ1) is 7.61. The summed E-state index contributed by atoms with van der Waals surface area (Å²) in [5.41, 5.74) is 1.57. The molecule has 1 amide bonds. The largest absolute Gasteiger partial charge is 0.312 e. The highest BCUT2D eigenvalue weighted by Gasteiger charge is 2.30.